The number of carbonyl (C=O) groups is 2. The zero-order chi connectivity index (χ0) is 18.5. The molecule has 0 saturated carbocycles. The second-order valence-corrected chi connectivity index (χ2v) is 5.97. The van der Waals surface area contributed by atoms with Crippen LogP contribution < -0.4 is 16.0 Å². The number of nitriles is 1. The second kappa shape index (κ2) is 8.03. The van der Waals surface area contributed by atoms with Gasteiger partial charge in [0.15, 0.2) is 6.10 Å². The maximum Gasteiger partial charge on any atom is 0.407 e. The summed E-state index contributed by atoms with van der Waals surface area (Å²) < 4.78 is 16.6. The van der Waals surface area contributed by atoms with Crippen molar-refractivity contribution in [2.45, 2.75) is 31.3 Å². The van der Waals surface area contributed by atoms with Crippen molar-refractivity contribution in [2.75, 3.05) is 25.1 Å². The summed E-state index contributed by atoms with van der Waals surface area (Å²) in [5.74, 6) is 0. The number of nitrogens with one attached hydrogen (secondary N) is 3. The van der Waals surface area contributed by atoms with Crippen molar-refractivity contribution < 1.29 is 23.8 Å². The number of nitrogens with zero attached hydrogens (tertiary/aromatic N) is 1. The Bertz CT molecular complexity index is 719. The van der Waals surface area contributed by atoms with Gasteiger partial charge >= 0.3 is 12.1 Å². The van der Waals surface area contributed by atoms with Crippen LogP contribution in [0, 0.1) is 11.3 Å². The van der Waals surface area contributed by atoms with Gasteiger partial charge in [0.05, 0.1) is 30.9 Å². The standard InChI is InChI=1S/C17H20N4O5/c1-2-19-17(23)26-13-9-25-14-12(8-24-15(13)14)21-16(22)20-11-5-3-4-10(6-11)7-18/h3-6,12-15H,2,8-9H2,1H3,(H,19,23)(H2,20,21,22)/t12-,13+,14+,15+/m0/s1. The van der Waals surface area contributed by atoms with Gasteiger partial charge in [-0.05, 0) is 25.1 Å². The van der Waals surface area contributed by atoms with Crippen molar-refractivity contribution in [3.63, 3.8) is 0 Å². The molecule has 0 aromatic heterocycles. The zero-order valence-electron chi connectivity index (χ0n) is 14.2. The number of hydrogen-bond acceptors (Lipinski definition) is 6. The molecule has 0 unspecified atom stereocenters. The predicted molar refractivity (Wildman–Crippen MR) is 90.5 cm³/mol. The second-order valence-electron chi connectivity index (χ2n) is 5.97. The molecule has 3 rings (SSSR count). The van der Waals surface area contributed by atoms with E-state index in [4.69, 9.17) is 19.5 Å². The summed E-state index contributed by atoms with van der Waals surface area (Å²) in [4.78, 5) is 23.7. The number of fused-ring (bicyclic) bond motifs is 1. The number of benzene rings is 1. The highest BCUT2D eigenvalue weighted by atomic mass is 16.6. The molecule has 0 radical (unpaired) electrons. The quantitative estimate of drug-likeness (QED) is 0.735. The highest BCUT2D eigenvalue weighted by Crippen LogP contribution is 2.29. The van der Waals surface area contributed by atoms with E-state index < -0.39 is 24.3 Å². The Morgan fingerprint density at radius 1 is 1.31 bits per heavy atom. The van der Waals surface area contributed by atoms with E-state index in [0.717, 1.165) is 0 Å². The van der Waals surface area contributed by atoms with Crippen molar-refractivity contribution in [3.05, 3.63) is 29.8 Å². The molecule has 2 fully saturated rings. The summed E-state index contributed by atoms with van der Waals surface area (Å²) in [6, 6.07) is 7.84. The molecular weight excluding hydrogens is 340 g/mol. The topological polar surface area (TPSA) is 122 Å². The Labute approximate surface area is 150 Å². The van der Waals surface area contributed by atoms with Gasteiger partial charge in [0.2, 0.25) is 0 Å². The van der Waals surface area contributed by atoms with Crippen LogP contribution in [0.2, 0.25) is 0 Å². The first-order valence-electron chi connectivity index (χ1n) is 8.36. The van der Waals surface area contributed by atoms with Crippen LogP contribution in [0.3, 0.4) is 0 Å². The third-order valence-corrected chi connectivity index (χ3v) is 4.15. The van der Waals surface area contributed by atoms with E-state index in [9.17, 15) is 9.59 Å². The molecule has 3 N–H and O–H groups in total. The molecule has 4 atom stereocenters. The molecule has 1 aromatic rings. The number of urea groups is 1. The molecule has 0 spiro atoms. The van der Waals surface area contributed by atoms with Gasteiger partial charge in [-0.25, -0.2) is 9.59 Å². The molecule has 3 amide bonds. The summed E-state index contributed by atoms with van der Waals surface area (Å²) >= 11 is 0. The summed E-state index contributed by atoms with van der Waals surface area (Å²) in [7, 11) is 0. The average Bonchev–Trinajstić information content (AvgIpc) is 3.19. The number of ether oxygens (including phenoxy) is 3. The molecule has 0 bridgehead atoms. The third kappa shape index (κ3) is 4.04. The maximum absolute atomic E-state index is 12.2. The molecule has 26 heavy (non-hydrogen) atoms. The molecule has 2 aliphatic heterocycles. The molecule has 1 aromatic carbocycles. The first-order chi connectivity index (χ1) is 12.6. The molecule has 2 heterocycles. The van der Waals surface area contributed by atoms with Gasteiger partial charge in [0.25, 0.3) is 0 Å². The Kier molecular flexibility index (Phi) is 5.55. The van der Waals surface area contributed by atoms with E-state index in [1.165, 1.54) is 0 Å². The first kappa shape index (κ1) is 18.0. The normalized spacial score (nSPS) is 26.5. The average molecular weight is 360 g/mol. The van der Waals surface area contributed by atoms with Gasteiger partial charge in [0.1, 0.15) is 12.2 Å². The molecule has 9 heteroatoms. The van der Waals surface area contributed by atoms with E-state index >= 15 is 0 Å². The van der Waals surface area contributed by atoms with Gasteiger partial charge < -0.3 is 30.2 Å². The van der Waals surface area contributed by atoms with Crippen LogP contribution in [0.1, 0.15) is 12.5 Å². The fraction of sp³-hybridized carbons (Fsp3) is 0.471. The number of anilines is 1. The number of alkyl carbamates (subject to hydrolysis) is 1. The summed E-state index contributed by atoms with van der Waals surface area (Å²) in [5.41, 5.74) is 0.971. The molecular formula is C17H20N4O5. The molecule has 0 aliphatic carbocycles. The minimum Gasteiger partial charge on any atom is -0.441 e. The highest BCUT2D eigenvalue weighted by Gasteiger charge is 2.50. The van der Waals surface area contributed by atoms with Crippen molar-refractivity contribution in [3.8, 4) is 6.07 Å². The van der Waals surface area contributed by atoms with Crippen LogP contribution in [0.15, 0.2) is 24.3 Å². The molecule has 9 nitrogen and oxygen atoms in total. The van der Waals surface area contributed by atoms with Crippen molar-refractivity contribution >= 4 is 17.8 Å². The van der Waals surface area contributed by atoms with Gasteiger partial charge in [-0.3, -0.25) is 0 Å². The Morgan fingerprint density at radius 3 is 2.88 bits per heavy atom. The van der Waals surface area contributed by atoms with E-state index in [-0.39, 0.29) is 25.4 Å². The predicted octanol–water partition coefficient (Wildman–Crippen LogP) is 0.961. The highest BCUT2D eigenvalue weighted by molar-refractivity contribution is 5.89. The molecule has 2 aliphatic rings. The Hall–Kier alpha value is -2.83. The van der Waals surface area contributed by atoms with Gasteiger partial charge in [-0.15, -0.1) is 0 Å². The van der Waals surface area contributed by atoms with Crippen LogP contribution in [-0.2, 0) is 14.2 Å². The Morgan fingerprint density at radius 2 is 2.12 bits per heavy atom. The van der Waals surface area contributed by atoms with E-state index in [1.54, 1.807) is 31.2 Å². The Balaban J connectivity index is 1.53. The smallest absolute Gasteiger partial charge is 0.407 e. The lowest BCUT2D eigenvalue weighted by Gasteiger charge is -2.18. The number of hydrogen-bond donors (Lipinski definition) is 3. The summed E-state index contributed by atoms with van der Waals surface area (Å²) in [6.07, 6.45) is -1.82. The summed E-state index contributed by atoms with van der Waals surface area (Å²) in [6.45, 7) is 2.75. The number of carbonyl (C=O) groups excluding carboxylic acids is 2. The SMILES string of the molecule is CCNC(=O)O[C@@H]1CO[C@H]2[C@@H]1OC[C@@H]2NC(=O)Nc1cccc(C#N)c1. The monoisotopic (exact) mass is 360 g/mol. The van der Waals surface area contributed by atoms with Crippen LogP contribution in [0.25, 0.3) is 0 Å². The van der Waals surface area contributed by atoms with Crippen molar-refractivity contribution in [1.82, 2.24) is 10.6 Å². The number of rotatable bonds is 4. The van der Waals surface area contributed by atoms with Crippen LogP contribution in [0.4, 0.5) is 15.3 Å². The van der Waals surface area contributed by atoms with Crippen molar-refractivity contribution in [1.29, 1.82) is 5.26 Å². The fourth-order valence-corrected chi connectivity index (χ4v) is 3.01. The number of amides is 3. The largest absolute Gasteiger partial charge is 0.441 e. The van der Waals surface area contributed by atoms with E-state index in [2.05, 4.69) is 16.0 Å². The van der Waals surface area contributed by atoms with Crippen LogP contribution in [-0.4, -0.2) is 56.2 Å². The lowest BCUT2D eigenvalue weighted by molar-refractivity contribution is 0.00419. The van der Waals surface area contributed by atoms with Gasteiger partial charge in [0, 0.05) is 12.2 Å². The lowest BCUT2D eigenvalue weighted by Crippen LogP contribution is -2.46. The first-order valence-corrected chi connectivity index (χ1v) is 8.36. The maximum atomic E-state index is 12.2. The lowest BCUT2D eigenvalue weighted by atomic mass is 10.1. The van der Waals surface area contributed by atoms with Crippen LogP contribution >= 0.6 is 0 Å². The van der Waals surface area contributed by atoms with Crippen LogP contribution in [0.5, 0.6) is 0 Å². The van der Waals surface area contributed by atoms with Gasteiger partial charge in [-0.2, -0.15) is 5.26 Å². The fourth-order valence-electron chi connectivity index (χ4n) is 3.01. The van der Waals surface area contributed by atoms with E-state index in [1.807, 2.05) is 6.07 Å². The van der Waals surface area contributed by atoms with Crippen molar-refractivity contribution in [2.24, 2.45) is 0 Å². The van der Waals surface area contributed by atoms with Gasteiger partial charge in [-0.1, -0.05) is 6.07 Å². The molecule has 2 saturated heterocycles. The third-order valence-electron chi connectivity index (χ3n) is 4.15. The van der Waals surface area contributed by atoms with E-state index in [0.29, 0.717) is 17.8 Å². The summed E-state index contributed by atoms with van der Waals surface area (Å²) in [5, 5.41) is 16.9. The minimum absolute atomic E-state index is 0.219. The zero-order valence-corrected chi connectivity index (χ0v) is 14.2. The minimum atomic E-state index is -0.517. The molecule has 138 valence electrons.